The maximum atomic E-state index is 4.50. The molecule has 0 saturated carbocycles. The van der Waals surface area contributed by atoms with Gasteiger partial charge in [-0.15, -0.1) is 0 Å². The highest BCUT2D eigenvalue weighted by atomic mass is 14.8. The third kappa shape index (κ3) is 2.01. The molecule has 1 aromatic heterocycles. The zero-order chi connectivity index (χ0) is 14.1. The molecule has 21 heavy (non-hydrogen) atoms. The Balaban J connectivity index is 2.06. The molecule has 0 amide bonds. The van der Waals surface area contributed by atoms with Crippen LogP contribution in [0.1, 0.15) is 11.3 Å². The van der Waals surface area contributed by atoms with Gasteiger partial charge < -0.3 is 4.98 Å². The number of benzene rings is 2. The van der Waals surface area contributed by atoms with E-state index in [4.69, 9.17) is 0 Å². The van der Waals surface area contributed by atoms with Crippen molar-refractivity contribution in [1.82, 2.24) is 4.98 Å². The average molecular weight is 270 g/mol. The molecule has 100 valence electrons. The number of aliphatic imine (C=N–C) groups is 1. The number of rotatable bonds is 2. The van der Waals surface area contributed by atoms with Gasteiger partial charge in [0.25, 0.3) is 0 Å². The highest BCUT2D eigenvalue weighted by Gasteiger charge is 2.14. The van der Waals surface area contributed by atoms with Crippen molar-refractivity contribution in [3.63, 3.8) is 0 Å². The first-order chi connectivity index (χ1) is 10.4. The molecule has 0 saturated heterocycles. The van der Waals surface area contributed by atoms with E-state index in [1.807, 2.05) is 24.6 Å². The lowest BCUT2D eigenvalue weighted by atomic mass is 9.95. The monoisotopic (exact) mass is 270 g/mol. The van der Waals surface area contributed by atoms with E-state index in [0.717, 1.165) is 17.0 Å². The lowest BCUT2D eigenvalue weighted by Crippen LogP contribution is -1.93. The summed E-state index contributed by atoms with van der Waals surface area (Å²) in [5.74, 6) is 0. The van der Waals surface area contributed by atoms with E-state index >= 15 is 0 Å². The molecule has 2 heteroatoms. The normalized spacial score (nSPS) is 15.8. The molecule has 4 rings (SSSR count). The van der Waals surface area contributed by atoms with Gasteiger partial charge in [0, 0.05) is 23.7 Å². The molecule has 1 aliphatic rings. The van der Waals surface area contributed by atoms with Gasteiger partial charge in [-0.1, -0.05) is 42.5 Å². The maximum absolute atomic E-state index is 4.50. The van der Waals surface area contributed by atoms with Gasteiger partial charge in [0.1, 0.15) is 0 Å². The number of aromatic amines is 1. The third-order valence-electron chi connectivity index (χ3n) is 3.74. The van der Waals surface area contributed by atoms with E-state index < -0.39 is 0 Å². The Morgan fingerprint density at radius 1 is 0.905 bits per heavy atom. The van der Waals surface area contributed by atoms with Crippen LogP contribution < -0.4 is 0 Å². The van der Waals surface area contributed by atoms with Crippen LogP contribution in [0, 0.1) is 0 Å². The van der Waals surface area contributed by atoms with Crippen LogP contribution in [0.3, 0.4) is 0 Å². The second-order valence-electron chi connectivity index (χ2n) is 5.01. The number of hydrogen-bond acceptors (Lipinski definition) is 1. The van der Waals surface area contributed by atoms with E-state index in [1.54, 1.807) is 0 Å². The number of hydrogen-bond donors (Lipinski definition) is 1. The molecular formula is C19H14N2. The van der Waals surface area contributed by atoms with Gasteiger partial charge >= 0.3 is 0 Å². The first kappa shape index (κ1) is 11.9. The zero-order valence-corrected chi connectivity index (χ0v) is 11.5. The van der Waals surface area contributed by atoms with Gasteiger partial charge in [-0.3, -0.25) is 4.99 Å². The Bertz CT molecular complexity index is 862. The fourth-order valence-electron chi connectivity index (χ4n) is 2.80. The molecule has 2 heterocycles. The van der Waals surface area contributed by atoms with Crippen LogP contribution in [0.5, 0.6) is 0 Å². The van der Waals surface area contributed by atoms with E-state index in [-0.39, 0.29) is 0 Å². The summed E-state index contributed by atoms with van der Waals surface area (Å²) in [6.07, 6.45) is 7.81. The maximum Gasteiger partial charge on any atom is 0.0729 e. The SMILES string of the molecule is C1=C/C(=C(/c2ccc[nH]2)c2cccc3ccccc23)N=C1. The molecule has 2 nitrogen and oxygen atoms in total. The molecule has 0 spiro atoms. The van der Waals surface area contributed by atoms with Crippen LogP contribution in [-0.2, 0) is 0 Å². The molecule has 3 aromatic rings. The van der Waals surface area contributed by atoms with Crippen molar-refractivity contribution in [2.24, 2.45) is 4.99 Å². The summed E-state index contributed by atoms with van der Waals surface area (Å²) >= 11 is 0. The number of aromatic nitrogens is 1. The molecule has 2 aromatic carbocycles. The molecule has 0 atom stereocenters. The largest absolute Gasteiger partial charge is 0.361 e. The molecule has 1 aliphatic heterocycles. The van der Waals surface area contributed by atoms with E-state index in [0.29, 0.717) is 0 Å². The fourth-order valence-corrected chi connectivity index (χ4v) is 2.80. The lowest BCUT2D eigenvalue weighted by Gasteiger charge is -2.11. The van der Waals surface area contributed by atoms with Crippen LogP contribution in [0.4, 0.5) is 0 Å². The van der Waals surface area contributed by atoms with Crippen LogP contribution in [0.2, 0.25) is 0 Å². The van der Waals surface area contributed by atoms with Crippen molar-refractivity contribution in [2.75, 3.05) is 0 Å². The van der Waals surface area contributed by atoms with Crippen molar-refractivity contribution >= 4 is 22.6 Å². The summed E-state index contributed by atoms with van der Waals surface area (Å²) in [5.41, 5.74) is 4.43. The summed E-state index contributed by atoms with van der Waals surface area (Å²) in [4.78, 5) is 7.81. The average Bonchev–Trinajstić information content (AvgIpc) is 3.22. The molecule has 0 radical (unpaired) electrons. The van der Waals surface area contributed by atoms with Crippen molar-refractivity contribution < 1.29 is 0 Å². The number of H-pyrrole nitrogens is 1. The molecule has 0 aliphatic carbocycles. The van der Waals surface area contributed by atoms with E-state index in [1.165, 1.54) is 16.3 Å². The highest BCUT2D eigenvalue weighted by Crippen LogP contribution is 2.33. The standard InChI is InChI=1S/C19H14N2/c1-2-8-15-14(6-1)7-3-9-16(15)19(17-10-4-12-20-17)18-11-5-13-21-18/h1-13,20H/b19-18-. The molecule has 0 fully saturated rings. The molecular weight excluding hydrogens is 256 g/mol. The Kier molecular flexibility index (Phi) is 2.79. The smallest absolute Gasteiger partial charge is 0.0729 e. The lowest BCUT2D eigenvalue weighted by molar-refractivity contribution is 1.32. The van der Waals surface area contributed by atoms with Gasteiger partial charge in [0.2, 0.25) is 0 Å². The highest BCUT2D eigenvalue weighted by molar-refractivity contribution is 5.99. The van der Waals surface area contributed by atoms with Crippen molar-refractivity contribution in [3.05, 3.63) is 89.9 Å². The Morgan fingerprint density at radius 2 is 1.81 bits per heavy atom. The molecule has 0 bridgehead atoms. The van der Waals surface area contributed by atoms with Gasteiger partial charge in [-0.05, 0) is 40.6 Å². The first-order valence-electron chi connectivity index (χ1n) is 7.00. The Labute approximate surface area is 123 Å². The minimum absolute atomic E-state index is 0.994. The predicted molar refractivity (Wildman–Crippen MR) is 88.4 cm³/mol. The summed E-state index contributed by atoms with van der Waals surface area (Å²) in [5, 5.41) is 2.48. The number of fused-ring (bicyclic) bond motifs is 1. The fraction of sp³-hybridized carbons (Fsp3) is 0. The van der Waals surface area contributed by atoms with E-state index in [2.05, 4.69) is 64.6 Å². The third-order valence-corrected chi connectivity index (χ3v) is 3.74. The van der Waals surface area contributed by atoms with Gasteiger partial charge in [0.05, 0.1) is 5.70 Å². The van der Waals surface area contributed by atoms with Gasteiger partial charge in [-0.25, -0.2) is 0 Å². The summed E-state index contributed by atoms with van der Waals surface area (Å²) < 4.78 is 0. The van der Waals surface area contributed by atoms with Crippen molar-refractivity contribution in [3.8, 4) is 0 Å². The molecule has 1 N–H and O–H groups in total. The quantitative estimate of drug-likeness (QED) is 0.706. The van der Waals surface area contributed by atoms with Gasteiger partial charge in [-0.2, -0.15) is 0 Å². The van der Waals surface area contributed by atoms with Crippen LogP contribution in [0.25, 0.3) is 16.3 Å². The second-order valence-corrected chi connectivity index (χ2v) is 5.01. The number of allylic oxidation sites excluding steroid dienone is 2. The molecule has 0 unspecified atom stereocenters. The van der Waals surface area contributed by atoms with Crippen LogP contribution in [0.15, 0.2) is 83.6 Å². The predicted octanol–water partition coefficient (Wildman–Crippen LogP) is 4.57. The first-order valence-corrected chi connectivity index (χ1v) is 7.00. The zero-order valence-electron chi connectivity index (χ0n) is 11.5. The van der Waals surface area contributed by atoms with Crippen molar-refractivity contribution in [1.29, 1.82) is 0 Å². The Morgan fingerprint density at radius 3 is 2.62 bits per heavy atom. The Hall–Kier alpha value is -2.87. The summed E-state index contributed by atoms with van der Waals surface area (Å²) in [7, 11) is 0. The summed E-state index contributed by atoms with van der Waals surface area (Å²) in [6.45, 7) is 0. The number of nitrogens with zero attached hydrogens (tertiary/aromatic N) is 1. The topological polar surface area (TPSA) is 28.1 Å². The van der Waals surface area contributed by atoms with E-state index in [9.17, 15) is 0 Å². The van der Waals surface area contributed by atoms with Crippen LogP contribution >= 0.6 is 0 Å². The number of nitrogens with one attached hydrogen (secondary N) is 1. The van der Waals surface area contributed by atoms with Crippen molar-refractivity contribution in [2.45, 2.75) is 0 Å². The summed E-state index contributed by atoms with van der Waals surface area (Å²) in [6, 6.07) is 19.0. The van der Waals surface area contributed by atoms with Crippen LogP contribution in [-0.4, -0.2) is 11.2 Å². The minimum Gasteiger partial charge on any atom is -0.361 e. The minimum atomic E-state index is 0.994. The second kappa shape index (κ2) is 4.91. The van der Waals surface area contributed by atoms with Gasteiger partial charge in [0.15, 0.2) is 0 Å².